The molecule has 2 N–H and O–H groups in total. The maximum Gasteiger partial charge on any atom is 0.171 e. The van der Waals surface area contributed by atoms with Gasteiger partial charge in [0.15, 0.2) is 5.78 Å². The van der Waals surface area contributed by atoms with Crippen molar-refractivity contribution in [2.24, 2.45) is 5.41 Å². The topological polar surface area (TPSA) is 60.8 Å². The van der Waals surface area contributed by atoms with Crippen LogP contribution in [0.1, 0.15) is 49.2 Å². The van der Waals surface area contributed by atoms with E-state index in [1.807, 2.05) is 12.1 Å². The lowest BCUT2D eigenvalue weighted by molar-refractivity contribution is 0.0960. The molecule has 24 heavy (non-hydrogen) atoms. The van der Waals surface area contributed by atoms with E-state index in [2.05, 4.69) is 25.7 Å². The molecule has 0 spiro atoms. The summed E-state index contributed by atoms with van der Waals surface area (Å²) in [6, 6.07) is 12.1. The van der Waals surface area contributed by atoms with Crippen LogP contribution in [0.25, 0.3) is 0 Å². The van der Waals surface area contributed by atoms with Gasteiger partial charge in [-0.05, 0) is 35.2 Å². The Morgan fingerprint density at radius 3 is 2.50 bits per heavy atom. The van der Waals surface area contributed by atoms with Gasteiger partial charge in [0.05, 0.1) is 17.3 Å². The number of rotatable bonds is 2. The molecule has 0 fully saturated rings. The lowest BCUT2D eigenvalue weighted by atomic mass is 9.86. The molecule has 3 rings (SSSR count). The van der Waals surface area contributed by atoms with Gasteiger partial charge in [0.1, 0.15) is 11.5 Å². The minimum atomic E-state index is -0.155. The van der Waals surface area contributed by atoms with Gasteiger partial charge >= 0.3 is 0 Å². The van der Waals surface area contributed by atoms with Gasteiger partial charge in [-0.15, -0.1) is 0 Å². The molecule has 0 amide bonds. The van der Waals surface area contributed by atoms with Crippen LogP contribution < -0.4 is 4.90 Å². The molecule has 1 unspecified atom stereocenters. The number of Topliss-reactive ketones (excluding diaryl/α,β-unsaturated/α-hetero) is 1. The smallest absolute Gasteiger partial charge is 0.171 e. The number of benzene rings is 2. The number of hydrogen-bond donors (Lipinski definition) is 2. The van der Waals surface area contributed by atoms with Crippen LogP contribution in [0.4, 0.5) is 5.69 Å². The van der Waals surface area contributed by atoms with Gasteiger partial charge in [-0.1, -0.05) is 39.0 Å². The minimum absolute atomic E-state index is 0.0121. The molecular weight excluding hydrogens is 302 g/mol. The third-order valence-electron chi connectivity index (χ3n) is 4.26. The number of fused-ring (bicyclic) bond motifs is 1. The molecule has 2 aromatic carbocycles. The lowest BCUT2D eigenvalue weighted by Crippen LogP contribution is -2.40. The van der Waals surface area contributed by atoms with Crippen LogP contribution in [0.3, 0.4) is 0 Å². The molecule has 2 aromatic rings. The Kier molecular flexibility index (Phi) is 3.99. The first-order chi connectivity index (χ1) is 11.3. The van der Waals surface area contributed by atoms with Crippen LogP contribution in [0.5, 0.6) is 11.5 Å². The van der Waals surface area contributed by atoms with E-state index in [9.17, 15) is 15.0 Å². The van der Waals surface area contributed by atoms with Gasteiger partial charge in [0, 0.05) is 13.0 Å². The Balaban J connectivity index is 2.13. The lowest BCUT2D eigenvalue weighted by Gasteiger charge is -2.42. The van der Waals surface area contributed by atoms with Crippen LogP contribution in [-0.4, -0.2) is 22.5 Å². The summed E-state index contributed by atoms with van der Waals surface area (Å²) in [7, 11) is 0. The number of carbonyl (C=O) groups is 1. The monoisotopic (exact) mass is 325 g/mol. The largest absolute Gasteiger partial charge is 0.508 e. The van der Waals surface area contributed by atoms with Gasteiger partial charge in [-0.25, -0.2) is 0 Å². The molecule has 0 aliphatic carbocycles. The number of ketones is 1. The van der Waals surface area contributed by atoms with Crippen LogP contribution in [0.2, 0.25) is 0 Å². The predicted octanol–water partition coefficient (Wildman–Crippen LogP) is 4.28. The second-order valence-corrected chi connectivity index (χ2v) is 7.60. The van der Waals surface area contributed by atoms with E-state index >= 15 is 0 Å². The van der Waals surface area contributed by atoms with Crippen molar-refractivity contribution in [1.29, 1.82) is 0 Å². The Hall–Kier alpha value is -2.49. The average Bonchev–Trinajstić information content (AvgIpc) is 2.48. The predicted molar refractivity (Wildman–Crippen MR) is 94.7 cm³/mol. The van der Waals surface area contributed by atoms with Crippen molar-refractivity contribution in [2.45, 2.75) is 33.2 Å². The molecule has 0 saturated heterocycles. The molecular formula is C20H23NO3. The molecule has 1 atom stereocenters. The second-order valence-electron chi connectivity index (χ2n) is 7.60. The number of aromatic hydroxyl groups is 2. The molecule has 126 valence electrons. The molecule has 1 aliphatic rings. The van der Waals surface area contributed by atoms with E-state index in [4.69, 9.17) is 0 Å². The quantitative estimate of drug-likeness (QED) is 0.865. The molecule has 0 radical (unpaired) electrons. The van der Waals surface area contributed by atoms with E-state index in [1.165, 1.54) is 0 Å². The Morgan fingerprint density at radius 1 is 1.12 bits per heavy atom. The summed E-state index contributed by atoms with van der Waals surface area (Å²) in [5.74, 6) is 0.157. The van der Waals surface area contributed by atoms with E-state index in [0.717, 1.165) is 17.8 Å². The maximum absolute atomic E-state index is 12.6. The van der Waals surface area contributed by atoms with Crippen molar-refractivity contribution in [3.63, 3.8) is 0 Å². The molecule has 0 aromatic heterocycles. The summed E-state index contributed by atoms with van der Waals surface area (Å²) in [4.78, 5) is 14.8. The number of phenolic OH excluding ortho intramolecular Hbond substituents is 2. The Bertz CT molecular complexity index is 777. The first-order valence-corrected chi connectivity index (χ1v) is 8.17. The normalized spacial score (nSPS) is 17.7. The number of hydrogen-bond acceptors (Lipinski definition) is 4. The number of anilines is 1. The third kappa shape index (κ3) is 3.09. The number of nitrogens with zero attached hydrogens (tertiary/aromatic N) is 1. The molecule has 0 bridgehead atoms. The van der Waals surface area contributed by atoms with Crippen LogP contribution in [-0.2, 0) is 0 Å². The van der Waals surface area contributed by atoms with Crippen molar-refractivity contribution >= 4 is 11.5 Å². The van der Waals surface area contributed by atoms with Crippen molar-refractivity contribution in [1.82, 2.24) is 0 Å². The van der Waals surface area contributed by atoms with Gasteiger partial charge in [0.25, 0.3) is 0 Å². The minimum Gasteiger partial charge on any atom is -0.508 e. The number of carbonyl (C=O) groups excluding carboxylic acids is 1. The summed E-state index contributed by atoms with van der Waals surface area (Å²) in [6.07, 6.45) is 0.282. The molecule has 1 heterocycles. The number of phenols is 2. The fourth-order valence-corrected chi connectivity index (χ4v) is 3.35. The summed E-state index contributed by atoms with van der Waals surface area (Å²) >= 11 is 0. The van der Waals surface area contributed by atoms with Crippen molar-refractivity contribution in [2.75, 3.05) is 11.4 Å². The standard InChI is InChI=1S/C20H23NO3/c1-20(2,3)12-21-15-8-5-9-17(23)19(15)18(24)11-16(21)13-6-4-7-14(22)10-13/h4-10,16,22-23H,11-12H2,1-3H3. The van der Waals surface area contributed by atoms with Gasteiger partial charge in [-0.2, -0.15) is 0 Å². The highest BCUT2D eigenvalue weighted by molar-refractivity contribution is 6.06. The van der Waals surface area contributed by atoms with Gasteiger partial charge < -0.3 is 15.1 Å². The fraction of sp³-hybridized carbons (Fsp3) is 0.350. The van der Waals surface area contributed by atoms with E-state index in [0.29, 0.717) is 5.56 Å². The van der Waals surface area contributed by atoms with E-state index in [-0.39, 0.29) is 35.2 Å². The second kappa shape index (κ2) is 5.86. The SMILES string of the molecule is CC(C)(C)CN1c2cccc(O)c2C(=O)CC1c1cccc(O)c1. The Labute approximate surface area is 142 Å². The van der Waals surface area contributed by atoms with Crippen molar-refractivity contribution < 1.29 is 15.0 Å². The molecule has 0 saturated carbocycles. The summed E-state index contributed by atoms with van der Waals surface area (Å²) in [5, 5.41) is 20.0. The van der Waals surface area contributed by atoms with Crippen LogP contribution >= 0.6 is 0 Å². The first-order valence-electron chi connectivity index (χ1n) is 8.17. The van der Waals surface area contributed by atoms with E-state index in [1.54, 1.807) is 30.3 Å². The van der Waals surface area contributed by atoms with Crippen LogP contribution in [0.15, 0.2) is 42.5 Å². The van der Waals surface area contributed by atoms with Crippen molar-refractivity contribution in [3.8, 4) is 11.5 Å². The Morgan fingerprint density at radius 2 is 1.83 bits per heavy atom. The summed E-state index contributed by atoms with van der Waals surface area (Å²) in [5.41, 5.74) is 2.08. The average molecular weight is 325 g/mol. The molecule has 4 nitrogen and oxygen atoms in total. The zero-order chi connectivity index (χ0) is 17.5. The maximum atomic E-state index is 12.6. The van der Waals surface area contributed by atoms with Gasteiger partial charge in [0.2, 0.25) is 0 Å². The highest BCUT2D eigenvalue weighted by Gasteiger charge is 2.35. The summed E-state index contributed by atoms with van der Waals surface area (Å²) < 4.78 is 0. The van der Waals surface area contributed by atoms with E-state index < -0.39 is 0 Å². The van der Waals surface area contributed by atoms with Crippen molar-refractivity contribution in [3.05, 3.63) is 53.6 Å². The third-order valence-corrected chi connectivity index (χ3v) is 4.26. The van der Waals surface area contributed by atoms with Crippen LogP contribution in [0, 0.1) is 5.41 Å². The first kappa shape index (κ1) is 16.4. The van der Waals surface area contributed by atoms with Gasteiger partial charge in [-0.3, -0.25) is 4.79 Å². The highest BCUT2D eigenvalue weighted by atomic mass is 16.3. The zero-order valence-electron chi connectivity index (χ0n) is 14.3. The molecule has 4 heteroatoms. The summed E-state index contributed by atoms with van der Waals surface area (Å²) in [6.45, 7) is 7.17. The zero-order valence-corrected chi connectivity index (χ0v) is 14.3. The fourth-order valence-electron chi connectivity index (χ4n) is 3.35. The molecule has 1 aliphatic heterocycles. The highest BCUT2D eigenvalue weighted by Crippen LogP contribution is 2.43.